The number of hydrogen-bond donors (Lipinski definition) is 0. The molecule has 2 rings (SSSR count). The Morgan fingerprint density at radius 2 is 1.86 bits per heavy atom. The summed E-state index contributed by atoms with van der Waals surface area (Å²) in [5.74, 6) is 0. The topological polar surface area (TPSA) is 46.6 Å². The summed E-state index contributed by atoms with van der Waals surface area (Å²) in [6, 6.07) is 0. The molecule has 2 fully saturated rings. The average Bonchev–Trinajstić information content (AvgIpc) is 2.56. The SMILES string of the molecule is CS(=O)(=O)OCC12CCCN1CCC2. The molecule has 82 valence electrons. The molecule has 0 bridgehead atoms. The number of fused-ring (bicyclic) bond motifs is 1. The van der Waals surface area contributed by atoms with E-state index < -0.39 is 10.1 Å². The van der Waals surface area contributed by atoms with Crippen LogP contribution < -0.4 is 0 Å². The monoisotopic (exact) mass is 219 g/mol. The van der Waals surface area contributed by atoms with Crippen LogP contribution in [0.4, 0.5) is 0 Å². The lowest BCUT2D eigenvalue weighted by Gasteiger charge is -2.30. The zero-order chi connectivity index (χ0) is 10.2. The molecule has 0 aliphatic carbocycles. The number of rotatable bonds is 3. The fraction of sp³-hybridized carbons (Fsp3) is 1.00. The van der Waals surface area contributed by atoms with Crippen LogP contribution in [0.25, 0.3) is 0 Å². The molecule has 0 N–H and O–H groups in total. The Kier molecular flexibility index (Phi) is 2.57. The Bertz CT molecular complexity index is 302. The van der Waals surface area contributed by atoms with Crippen molar-refractivity contribution in [2.75, 3.05) is 26.0 Å². The standard InChI is InChI=1S/C9H17NO3S/c1-14(11,12)13-8-9-4-2-6-10(9)7-3-5-9/h2-8H2,1H3. The van der Waals surface area contributed by atoms with Crippen LogP contribution in [0.5, 0.6) is 0 Å². The zero-order valence-electron chi connectivity index (χ0n) is 8.53. The van der Waals surface area contributed by atoms with Crippen molar-refractivity contribution in [2.45, 2.75) is 31.2 Å². The Morgan fingerprint density at radius 1 is 1.29 bits per heavy atom. The maximum absolute atomic E-state index is 10.9. The lowest BCUT2D eigenvalue weighted by molar-refractivity contribution is 0.118. The largest absolute Gasteiger partial charge is 0.295 e. The molecular weight excluding hydrogens is 202 g/mol. The second-order valence-electron chi connectivity index (χ2n) is 4.38. The lowest BCUT2D eigenvalue weighted by atomic mass is 9.95. The average molecular weight is 219 g/mol. The maximum atomic E-state index is 10.9. The third kappa shape index (κ3) is 1.94. The van der Waals surface area contributed by atoms with Crippen molar-refractivity contribution in [3.05, 3.63) is 0 Å². The van der Waals surface area contributed by atoms with E-state index in [0.29, 0.717) is 6.61 Å². The zero-order valence-corrected chi connectivity index (χ0v) is 9.35. The van der Waals surface area contributed by atoms with Crippen molar-refractivity contribution in [1.82, 2.24) is 4.90 Å². The summed E-state index contributed by atoms with van der Waals surface area (Å²) in [7, 11) is -3.28. The van der Waals surface area contributed by atoms with Crippen molar-refractivity contribution < 1.29 is 12.6 Å². The first kappa shape index (κ1) is 10.4. The molecule has 14 heavy (non-hydrogen) atoms. The van der Waals surface area contributed by atoms with Gasteiger partial charge in [-0.2, -0.15) is 8.42 Å². The molecule has 0 saturated carbocycles. The van der Waals surface area contributed by atoms with Crippen LogP contribution in [0.1, 0.15) is 25.7 Å². The molecule has 2 heterocycles. The van der Waals surface area contributed by atoms with E-state index in [-0.39, 0.29) is 5.54 Å². The molecule has 2 saturated heterocycles. The van der Waals surface area contributed by atoms with Crippen LogP contribution in [0.15, 0.2) is 0 Å². The van der Waals surface area contributed by atoms with Crippen molar-refractivity contribution in [2.24, 2.45) is 0 Å². The van der Waals surface area contributed by atoms with E-state index in [1.165, 1.54) is 12.8 Å². The number of hydrogen-bond acceptors (Lipinski definition) is 4. The normalized spacial score (nSPS) is 26.6. The van der Waals surface area contributed by atoms with Crippen LogP contribution in [0.2, 0.25) is 0 Å². The summed E-state index contributed by atoms with van der Waals surface area (Å²) in [4.78, 5) is 2.39. The van der Waals surface area contributed by atoms with Gasteiger partial charge in [-0.25, -0.2) is 0 Å². The van der Waals surface area contributed by atoms with Crippen LogP contribution in [0.3, 0.4) is 0 Å². The predicted octanol–water partition coefficient (Wildman–Crippen LogP) is 0.591. The van der Waals surface area contributed by atoms with E-state index in [0.717, 1.165) is 32.2 Å². The first-order chi connectivity index (χ1) is 6.52. The minimum Gasteiger partial charge on any atom is -0.295 e. The van der Waals surface area contributed by atoms with Gasteiger partial charge in [0.1, 0.15) is 0 Å². The van der Waals surface area contributed by atoms with Crippen molar-refractivity contribution in [3.63, 3.8) is 0 Å². The molecule has 2 aliphatic heterocycles. The summed E-state index contributed by atoms with van der Waals surface area (Å²) in [5.41, 5.74) is 0.0447. The van der Waals surface area contributed by atoms with Crippen molar-refractivity contribution in [3.8, 4) is 0 Å². The quantitative estimate of drug-likeness (QED) is 0.652. The molecule has 0 atom stereocenters. The van der Waals surface area contributed by atoms with E-state index in [4.69, 9.17) is 4.18 Å². The van der Waals surface area contributed by atoms with Crippen molar-refractivity contribution in [1.29, 1.82) is 0 Å². The van der Waals surface area contributed by atoms with Crippen molar-refractivity contribution >= 4 is 10.1 Å². The smallest absolute Gasteiger partial charge is 0.264 e. The van der Waals surface area contributed by atoms with Gasteiger partial charge in [0.25, 0.3) is 10.1 Å². The molecule has 4 nitrogen and oxygen atoms in total. The second kappa shape index (κ2) is 3.47. The molecule has 0 aromatic rings. The highest BCUT2D eigenvalue weighted by molar-refractivity contribution is 7.85. The molecule has 2 aliphatic rings. The number of nitrogens with zero attached hydrogens (tertiary/aromatic N) is 1. The van der Waals surface area contributed by atoms with E-state index in [9.17, 15) is 8.42 Å². The van der Waals surface area contributed by atoms with Gasteiger partial charge in [0, 0.05) is 5.54 Å². The molecular formula is C9H17NO3S. The minimum atomic E-state index is -3.28. The molecule has 0 aromatic heterocycles. The molecule has 5 heteroatoms. The first-order valence-corrected chi connectivity index (χ1v) is 6.93. The van der Waals surface area contributed by atoms with Crippen LogP contribution in [-0.4, -0.2) is 44.8 Å². The Labute approximate surface area is 85.4 Å². The van der Waals surface area contributed by atoms with E-state index in [1.54, 1.807) is 0 Å². The Morgan fingerprint density at radius 3 is 2.36 bits per heavy atom. The summed E-state index contributed by atoms with van der Waals surface area (Å²) >= 11 is 0. The highest BCUT2D eigenvalue weighted by atomic mass is 32.2. The van der Waals surface area contributed by atoms with Gasteiger partial charge in [0.15, 0.2) is 0 Å². The Balaban J connectivity index is 2.01. The van der Waals surface area contributed by atoms with Gasteiger partial charge < -0.3 is 0 Å². The highest BCUT2D eigenvalue weighted by Gasteiger charge is 2.44. The van der Waals surface area contributed by atoms with Gasteiger partial charge in [-0.3, -0.25) is 9.08 Å². The van der Waals surface area contributed by atoms with Gasteiger partial charge in [0.2, 0.25) is 0 Å². The molecule has 0 spiro atoms. The summed E-state index contributed by atoms with van der Waals surface area (Å²) in [6.45, 7) is 2.56. The third-order valence-corrected chi connectivity index (χ3v) is 3.90. The van der Waals surface area contributed by atoms with E-state index in [2.05, 4.69) is 4.90 Å². The Hall–Kier alpha value is -0.130. The molecule has 0 radical (unpaired) electrons. The van der Waals surface area contributed by atoms with Crippen LogP contribution in [-0.2, 0) is 14.3 Å². The van der Waals surface area contributed by atoms with Crippen LogP contribution >= 0.6 is 0 Å². The maximum Gasteiger partial charge on any atom is 0.264 e. The van der Waals surface area contributed by atoms with Gasteiger partial charge in [-0.1, -0.05) is 0 Å². The first-order valence-electron chi connectivity index (χ1n) is 5.11. The fourth-order valence-corrected chi connectivity index (χ4v) is 3.11. The second-order valence-corrected chi connectivity index (χ2v) is 6.03. The molecule has 0 amide bonds. The van der Waals surface area contributed by atoms with Crippen LogP contribution in [0, 0.1) is 0 Å². The lowest BCUT2D eigenvalue weighted by Crippen LogP contribution is -2.42. The summed E-state index contributed by atoms with van der Waals surface area (Å²) in [5, 5.41) is 0. The van der Waals surface area contributed by atoms with Gasteiger partial charge in [0.05, 0.1) is 12.9 Å². The molecule has 0 unspecified atom stereocenters. The van der Waals surface area contributed by atoms with Gasteiger partial charge in [-0.15, -0.1) is 0 Å². The van der Waals surface area contributed by atoms with E-state index >= 15 is 0 Å². The summed E-state index contributed by atoms with van der Waals surface area (Å²) < 4.78 is 26.8. The van der Waals surface area contributed by atoms with Gasteiger partial charge in [-0.05, 0) is 38.8 Å². The van der Waals surface area contributed by atoms with E-state index in [1.807, 2.05) is 0 Å². The molecule has 0 aromatic carbocycles. The minimum absolute atomic E-state index is 0.0447. The predicted molar refractivity (Wildman–Crippen MR) is 53.6 cm³/mol. The third-order valence-electron chi connectivity index (χ3n) is 3.35. The fourth-order valence-electron chi connectivity index (χ4n) is 2.68. The van der Waals surface area contributed by atoms with Gasteiger partial charge >= 0.3 is 0 Å². The summed E-state index contributed by atoms with van der Waals surface area (Å²) in [6.07, 6.45) is 5.64. The highest BCUT2D eigenvalue weighted by Crippen LogP contribution is 2.39.